The van der Waals surface area contributed by atoms with Crippen molar-refractivity contribution in [2.75, 3.05) is 26.9 Å². The summed E-state index contributed by atoms with van der Waals surface area (Å²) < 4.78 is 11.7. The van der Waals surface area contributed by atoms with Crippen LogP contribution >= 0.6 is 0 Å². The van der Waals surface area contributed by atoms with Gasteiger partial charge in [-0.1, -0.05) is 194 Å². The molecule has 1 N–H and O–H groups in total. The zero-order valence-electron chi connectivity index (χ0n) is 35.6. The van der Waals surface area contributed by atoms with E-state index in [4.69, 9.17) is 14.3 Å². The Morgan fingerprint density at radius 1 is 0.529 bits per heavy atom. The molecule has 1 amide bonds. The molecule has 0 rings (SSSR count). The first-order valence-corrected chi connectivity index (χ1v) is 22.7. The van der Waals surface area contributed by atoms with E-state index in [9.17, 15) is 4.79 Å². The Morgan fingerprint density at radius 2 is 0.863 bits per heavy atom. The molecule has 0 aromatic heterocycles. The van der Waals surface area contributed by atoms with Crippen LogP contribution in [0.15, 0.2) is 0 Å². The fourth-order valence-electron chi connectivity index (χ4n) is 6.75. The number of alkyl carbamates (subject to hydrolysis) is 1. The third kappa shape index (κ3) is 41.8. The molecule has 0 aromatic carbocycles. The van der Waals surface area contributed by atoms with Gasteiger partial charge in [0.15, 0.2) is 0 Å². The number of rotatable bonds is 40. The summed E-state index contributed by atoms with van der Waals surface area (Å²) in [5.41, 5.74) is -0.196. The SMILES string of the molecule is CCCCCCCCCCCCCCCCCC(CCCCCCCCCCCCCCCCC)OC(=O)NCCCON(C)COC(C)(C)C. The van der Waals surface area contributed by atoms with Crippen molar-refractivity contribution in [3.8, 4) is 0 Å². The highest BCUT2D eigenvalue weighted by molar-refractivity contribution is 5.67. The highest BCUT2D eigenvalue weighted by Gasteiger charge is 2.15. The van der Waals surface area contributed by atoms with Crippen LogP contribution in [0.5, 0.6) is 0 Å². The van der Waals surface area contributed by atoms with Gasteiger partial charge in [0, 0.05) is 13.6 Å². The minimum Gasteiger partial charge on any atom is -0.446 e. The van der Waals surface area contributed by atoms with Crippen molar-refractivity contribution in [3.05, 3.63) is 0 Å². The van der Waals surface area contributed by atoms with Gasteiger partial charge in [-0.3, -0.25) is 4.84 Å². The van der Waals surface area contributed by atoms with E-state index in [1.54, 1.807) is 5.06 Å². The number of unbranched alkanes of at least 4 members (excludes halogenated alkanes) is 28. The molecule has 0 aliphatic rings. The number of carbonyl (C=O) groups is 1. The van der Waals surface area contributed by atoms with E-state index in [1.165, 1.54) is 180 Å². The maximum atomic E-state index is 12.7. The number of ether oxygens (including phenoxy) is 2. The maximum Gasteiger partial charge on any atom is 0.407 e. The van der Waals surface area contributed by atoms with E-state index < -0.39 is 0 Å². The maximum absolute atomic E-state index is 12.7. The van der Waals surface area contributed by atoms with E-state index in [-0.39, 0.29) is 17.8 Å². The van der Waals surface area contributed by atoms with Crippen LogP contribution in [0.1, 0.15) is 247 Å². The van der Waals surface area contributed by atoms with E-state index in [0.29, 0.717) is 19.9 Å². The van der Waals surface area contributed by atoms with E-state index >= 15 is 0 Å². The van der Waals surface area contributed by atoms with Crippen LogP contribution in [0.3, 0.4) is 0 Å². The monoisotopic (exact) mass is 725 g/mol. The number of hydrogen-bond acceptors (Lipinski definition) is 5. The summed E-state index contributed by atoms with van der Waals surface area (Å²) in [5.74, 6) is 0. The average Bonchev–Trinajstić information content (AvgIpc) is 3.10. The smallest absolute Gasteiger partial charge is 0.407 e. The summed E-state index contributed by atoms with van der Waals surface area (Å²) in [4.78, 5) is 18.4. The van der Waals surface area contributed by atoms with Crippen molar-refractivity contribution in [2.45, 2.75) is 258 Å². The van der Waals surface area contributed by atoms with Crippen LogP contribution in [0.25, 0.3) is 0 Å². The molecular formula is C45H92N2O4. The number of amides is 1. The third-order valence-corrected chi connectivity index (χ3v) is 10.1. The lowest BCUT2D eigenvalue weighted by Gasteiger charge is -2.24. The van der Waals surface area contributed by atoms with Crippen molar-refractivity contribution in [2.24, 2.45) is 0 Å². The normalized spacial score (nSPS) is 12.0. The van der Waals surface area contributed by atoms with Gasteiger partial charge in [0.2, 0.25) is 0 Å². The second-order valence-electron chi connectivity index (χ2n) is 16.6. The molecule has 51 heavy (non-hydrogen) atoms. The Labute approximate surface area is 320 Å². The van der Waals surface area contributed by atoms with E-state index in [1.807, 2.05) is 27.8 Å². The largest absolute Gasteiger partial charge is 0.446 e. The second-order valence-corrected chi connectivity index (χ2v) is 16.6. The predicted molar refractivity (Wildman–Crippen MR) is 221 cm³/mol. The molecule has 0 aliphatic heterocycles. The van der Waals surface area contributed by atoms with E-state index in [2.05, 4.69) is 19.2 Å². The van der Waals surface area contributed by atoms with Crippen molar-refractivity contribution < 1.29 is 19.1 Å². The molecule has 0 fully saturated rings. The summed E-state index contributed by atoms with van der Waals surface area (Å²) in [6.07, 6.45) is 43.7. The lowest BCUT2D eigenvalue weighted by Crippen LogP contribution is -2.32. The molecule has 0 saturated carbocycles. The quantitative estimate of drug-likeness (QED) is 0.0387. The Hall–Kier alpha value is -0.850. The summed E-state index contributed by atoms with van der Waals surface area (Å²) in [5, 5.41) is 4.66. The second kappa shape index (κ2) is 38.9. The van der Waals surface area contributed by atoms with Gasteiger partial charge in [-0.25, -0.2) is 4.79 Å². The van der Waals surface area contributed by atoms with Crippen LogP contribution < -0.4 is 5.32 Å². The Kier molecular flexibility index (Phi) is 38.2. The van der Waals surface area contributed by atoms with Gasteiger partial charge in [0.05, 0.1) is 12.2 Å². The molecule has 0 radical (unpaired) electrons. The Balaban J connectivity index is 4.15. The van der Waals surface area contributed by atoms with Gasteiger partial charge in [0.1, 0.15) is 12.8 Å². The van der Waals surface area contributed by atoms with E-state index in [0.717, 1.165) is 32.1 Å². The van der Waals surface area contributed by atoms with Gasteiger partial charge in [-0.15, -0.1) is 0 Å². The van der Waals surface area contributed by atoms with Crippen molar-refractivity contribution >= 4 is 6.09 Å². The lowest BCUT2D eigenvalue weighted by atomic mass is 10.0. The van der Waals surface area contributed by atoms with Crippen LogP contribution in [0.4, 0.5) is 4.79 Å². The molecule has 6 nitrogen and oxygen atoms in total. The number of nitrogens with zero attached hydrogens (tertiary/aromatic N) is 1. The van der Waals surface area contributed by atoms with Gasteiger partial charge >= 0.3 is 6.09 Å². The highest BCUT2D eigenvalue weighted by Crippen LogP contribution is 2.19. The average molecular weight is 725 g/mol. The molecule has 0 atom stereocenters. The lowest BCUT2D eigenvalue weighted by molar-refractivity contribution is -0.213. The number of hydroxylamine groups is 2. The number of hydrogen-bond donors (Lipinski definition) is 1. The molecule has 0 aliphatic carbocycles. The first-order chi connectivity index (χ1) is 24.8. The fourth-order valence-corrected chi connectivity index (χ4v) is 6.75. The summed E-state index contributed by atoms with van der Waals surface area (Å²) >= 11 is 0. The molecule has 0 unspecified atom stereocenters. The van der Waals surface area contributed by atoms with Gasteiger partial charge in [0.25, 0.3) is 0 Å². The first-order valence-electron chi connectivity index (χ1n) is 22.7. The first kappa shape index (κ1) is 50.1. The van der Waals surface area contributed by atoms with Gasteiger partial charge < -0.3 is 14.8 Å². The van der Waals surface area contributed by atoms with Gasteiger partial charge in [-0.2, -0.15) is 5.06 Å². The zero-order chi connectivity index (χ0) is 37.5. The molecule has 6 heteroatoms. The van der Waals surface area contributed by atoms with Crippen LogP contribution in [-0.2, 0) is 14.3 Å². The highest BCUT2D eigenvalue weighted by atomic mass is 16.7. The minimum absolute atomic E-state index is 0.0332. The molecule has 306 valence electrons. The third-order valence-electron chi connectivity index (χ3n) is 10.1. The van der Waals surface area contributed by atoms with Crippen molar-refractivity contribution in [1.29, 1.82) is 0 Å². The Bertz CT molecular complexity index is 664. The molecule has 0 heterocycles. The molecule has 0 saturated heterocycles. The minimum atomic E-state index is -0.272. The number of nitrogens with one attached hydrogen (secondary N) is 1. The van der Waals surface area contributed by atoms with Crippen LogP contribution in [0, 0.1) is 0 Å². The van der Waals surface area contributed by atoms with Crippen molar-refractivity contribution in [1.82, 2.24) is 10.4 Å². The zero-order valence-corrected chi connectivity index (χ0v) is 35.6. The summed E-state index contributed by atoms with van der Waals surface area (Å²) in [6, 6.07) is 0. The molecular weight excluding hydrogens is 633 g/mol. The van der Waals surface area contributed by atoms with Crippen molar-refractivity contribution in [3.63, 3.8) is 0 Å². The topological polar surface area (TPSA) is 60.0 Å². The van der Waals surface area contributed by atoms with Crippen LogP contribution in [-0.4, -0.2) is 49.8 Å². The molecule has 0 aromatic rings. The fraction of sp³-hybridized carbons (Fsp3) is 0.978. The molecule has 0 bridgehead atoms. The number of carbonyl (C=O) groups excluding carboxylic acids is 1. The standard InChI is InChI=1S/C45H92N2O4/c1-7-9-11-13-15-17-19-21-23-25-27-29-31-33-35-38-43(51-44(48)46-40-37-41-50-47(6)42-49-45(3,4)5)39-36-34-32-30-28-26-24-22-20-18-16-14-12-10-8-2/h43H,7-42H2,1-6H3,(H,46,48). The molecule has 0 spiro atoms. The Morgan fingerprint density at radius 3 is 1.20 bits per heavy atom. The van der Waals surface area contributed by atoms with Crippen LogP contribution in [0.2, 0.25) is 0 Å². The predicted octanol–water partition coefficient (Wildman–Crippen LogP) is 14.6. The summed E-state index contributed by atoms with van der Waals surface area (Å²) in [7, 11) is 1.87. The van der Waals surface area contributed by atoms with Gasteiger partial charge in [-0.05, 0) is 52.9 Å². The summed E-state index contributed by atoms with van der Waals surface area (Å²) in [6.45, 7) is 12.2.